The van der Waals surface area contributed by atoms with Crippen LogP contribution in [0.15, 0.2) is 328 Å². The van der Waals surface area contributed by atoms with Crippen LogP contribution in [0, 0.1) is 34.6 Å². The molecule has 1 spiro atoms. The molecular formula is C91H78. The molecule has 14 aromatic rings. The van der Waals surface area contributed by atoms with Crippen molar-refractivity contribution in [1.82, 2.24) is 0 Å². The topological polar surface area (TPSA) is 0 Å². The third-order valence-electron chi connectivity index (χ3n) is 19.3. The molecule has 0 aliphatic heterocycles. The van der Waals surface area contributed by atoms with Gasteiger partial charge in [0.15, 0.2) is 0 Å². The Hall–Kier alpha value is -10.4. The average Bonchev–Trinajstić information content (AvgIpc) is 1.52. The van der Waals surface area contributed by atoms with Gasteiger partial charge in [-0.15, -0.1) is 0 Å². The normalized spacial score (nSPS) is 13.3. The van der Waals surface area contributed by atoms with Crippen LogP contribution in [0.5, 0.6) is 0 Å². The fourth-order valence-corrected chi connectivity index (χ4v) is 14.8. The summed E-state index contributed by atoms with van der Waals surface area (Å²) in [6.07, 6.45) is 0. The fourth-order valence-electron chi connectivity index (χ4n) is 14.8. The first-order chi connectivity index (χ1) is 44.4. The molecular weight excluding hydrogens is 1090 g/mol. The number of aryl methyl sites for hydroxylation is 5. The van der Waals surface area contributed by atoms with E-state index in [2.05, 4.69) is 365 Å². The van der Waals surface area contributed by atoms with E-state index in [4.69, 9.17) is 0 Å². The Kier molecular flexibility index (Phi) is 16.5. The van der Waals surface area contributed by atoms with Crippen LogP contribution in [-0.4, -0.2) is 0 Å². The molecule has 0 heteroatoms. The van der Waals surface area contributed by atoms with Crippen molar-refractivity contribution in [1.29, 1.82) is 0 Å². The maximum absolute atomic E-state index is 2.40. The van der Waals surface area contributed by atoms with Crippen molar-refractivity contribution in [3.05, 3.63) is 405 Å². The minimum absolute atomic E-state index is 0.0472. The van der Waals surface area contributed by atoms with Crippen molar-refractivity contribution in [3.8, 4) is 44.5 Å². The monoisotopic (exact) mass is 1170 g/mol. The molecule has 0 nitrogen and oxygen atoms in total. The summed E-state index contributed by atoms with van der Waals surface area (Å²) in [6.45, 7) is 17.7. The highest BCUT2D eigenvalue weighted by molar-refractivity contribution is 5.95. The molecule has 0 aromatic heterocycles. The Morgan fingerprint density at radius 1 is 0.209 bits per heavy atom. The quantitative estimate of drug-likeness (QED) is 0.154. The third-order valence-corrected chi connectivity index (χ3v) is 19.3. The Morgan fingerprint density at radius 3 is 1.07 bits per heavy atom. The van der Waals surface area contributed by atoms with Gasteiger partial charge in [-0.1, -0.05) is 364 Å². The lowest BCUT2D eigenvalue weighted by atomic mass is 9.70. The molecule has 0 atom stereocenters. The Labute approximate surface area is 539 Å². The molecule has 14 aromatic carbocycles. The standard InChI is InChI=1S/C26H18.C20H16.C16H16.2C11H10.C7H8/c1-17-14-15-21-20-10-4-7-13-24(20)26(25(21)16-17)22-11-5-2-8-18(22)19-9-3-6-12-23(19)26;1-20(15-9-3-2-4-10-15)18-13-7-5-11-16(18)17-12-6-8-14-19(17)20;1-11-8-9-13-12-6-4-5-7-14(12)16(2,3)15(13)10-11;1-9-5-4-7-10-6-2-3-8-11(9)10;1-9-6-7-10-4-2-3-5-11(10)8-9;1-7-5-3-2-4-6-7/h2-16H,1H3;2-14H,1H3;4-10H,1-3H3;2*2-8H,1H3;2-6H,1H3. The lowest BCUT2D eigenvalue weighted by molar-refractivity contribution is 0.660. The van der Waals surface area contributed by atoms with Crippen molar-refractivity contribution in [2.75, 3.05) is 0 Å². The maximum Gasteiger partial charge on any atom is 0.0725 e. The van der Waals surface area contributed by atoms with Gasteiger partial charge in [-0.25, -0.2) is 0 Å². The highest BCUT2D eigenvalue weighted by Gasteiger charge is 2.51. The second-order valence-corrected chi connectivity index (χ2v) is 25.5. The summed E-state index contributed by atoms with van der Waals surface area (Å²) < 4.78 is 0. The minimum atomic E-state index is -0.189. The summed E-state index contributed by atoms with van der Waals surface area (Å²) in [5, 5.41) is 5.33. The van der Waals surface area contributed by atoms with E-state index >= 15 is 0 Å². The van der Waals surface area contributed by atoms with Crippen LogP contribution in [0.25, 0.3) is 66.1 Å². The number of hydrogen-bond acceptors (Lipinski definition) is 0. The van der Waals surface area contributed by atoms with E-state index in [0.29, 0.717) is 0 Å². The number of hydrogen-bond donors (Lipinski definition) is 0. The molecule has 0 heterocycles. The van der Waals surface area contributed by atoms with Crippen molar-refractivity contribution in [2.24, 2.45) is 0 Å². The van der Waals surface area contributed by atoms with Gasteiger partial charge < -0.3 is 0 Å². The Morgan fingerprint density at radius 2 is 0.560 bits per heavy atom. The molecule has 91 heavy (non-hydrogen) atoms. The van der Waals surface area contributed by atoms with Gasteiger partial charge in [0, 0.05) is 10.8 Å². The van der Waals surface area contributed by atoms with Crippen LogP contribution in [0.1, 0.15) is 98.7 Å². The van der Waals surface area contributed by atoms with Crippen molar-refractivity contribution in [2.45, 2.75) is 71.6 Å². The lowest BCUT2D eigenvalue weighted by Gasteiger charge is -2.30. The van der Waals surface area contributed by atoms with Gasteiger partial charge in [0.05, 0.1) is 5.41 Å². The van der Waals surface area contributed by atoms with E-state index in [-0.39, 0.29) is 16.2 Å². The second kappa shape index (κ2) is 25.2. The average molecular weight is 1170 g/mol. The van der Waals surface area contributed by atoms with Gasteiger partial charge >= 0.3 is 0 Å². The highest BCUT2D eigenvalue weighted by atomic mass is 14.5. The number of fused-ring (bicyclic) bond motifs is 18. The van der Waals surface area contributed by atoms with Crippen molar-refractivity contribution < 1.29 is 0 Å². The SMILES string of the molecule is CC1(c2ccccc2)c2ccccc2-c2ccccc21.Cc1ccc2c(c1)C(C)(C)c1ccccc1-2.Cc1ccc2c(c1)C1(c3ccccc3-c3ccccc31)c1ccccc1-2.Cc1ccc2ccccc2c1.Cc1cccc2ccccc12.Cc1ccccc1. The van der Waals surface area contributed by atoms with E-state index in [0.717, 1.165) is 0 Å². The molecule has 0 amide bonds. The van der Waals surface area contributed by atoms with Gasteiger partial charge in [-0.3, -0.25) is 0 Å². The highest BCUT2D eigenvalue weighted by Crippen LogP contribution is 2.63. The summed E-state index contributed by atoms with van der Waals surface area (Å²) in [7, 11) is 0. The summed E-state index contributed by atoms with van der Waals surface area (Å²) >= 11 is 0. The lowest BCUT2D eigenvalue weighted by Crippen LogP contribution is -2.25. The number of rotatable bonds is 1. The first kappa shape index (κ1) is 59.6. The van der Waals surface area contributed by atoms with Crippen molar-refractivity contribution >= 4 is 21.5 Å². The maximum atomic E-state index is 2.40. The molecule has 0 radical (unpaired) electrons. The molecule has 18 rings (SSSR count). The van der Waals surface area contributed by atoms with E-state index in [1.165, 1.54) is 144 Å². The summed E-state index contributed by atoms with van der Waals surface area (Å²) in [4.78, 5) is 0. The first-order valence-corrected chi connectivity index (χ1v) is 32.1. The predicted octanol–water partition coefficient (Wildman–Crippen LogP) is 24.0. The molecule has 0 saturated heterocycles. The summed E-state index contributed by atoms with van der Waals surface area (Å²) in [5.74, 6) is 0. The molecule has 0 N–H and O–H groups in total. The molecule has 0 unspecified atom stereocenters. The molecule has 0 saturated carbocycles. The zero-order chi connectivity index (χ0) is 62.7. The van der Waals surface area contributed by atoms with Gasteiger partial charge in [0.2, 0.25) is 0 Å². The van der Waals surface area contributed by atoms with Gasteiger partial charge in [0.1, 0.15) is 0 Å². The second-order valence-electron chi connectivity index (χ2n) is 25.5. The van der Waals surface area contributed by atoms with Crippen LogP contribution in [-0.2, 0) is 16.2 Å². The Balaban J connectivity index is 0.000000105. The zero-order valence-corrected chi connectivity index (χ0v) is 53.7. The van der Waals surface area contributed by atoms with Crippen LogP contribution < -0.4 is 0 Å². The van der Waals surface area contributed by atoms with Gasteiger partial charge in [-0.2, -0.15) is 0 Å². The third kappa shape index (κ3) is 11.0. The van der Waals surface area contributed by atoms with E-state index < -0.39 is 0 Å². The van der Waals surface area contributed by atoms with Crippen LogP contribution in [0.3, 0.4) is 0 Å². The number of benzene rings is 14. The largest absolute Gasteiger partial charge is 0.0725 e. The van der Waals surface area contributed by atoms with Gasteiger partial charge in [0.25, 0.3) is 0 Å². The molecule has 442 valence electrons. The zero-order valence-electron chi connectivity index (χ0n) is 53.7. The van der Waals surface area contributed by atoms with E-state index in [1.54, 1.807) is 0 Å². The molecule has 4 aliphatic rings. The van der Waals surface area contributed by atoms with Crippen LogP contribution in [0.2, 0.25) is 0 Å². The van der Waals surface area contributed by atoms with Gasteiger partial charge in [-0.05, 0) is 163 Å². The summed E-state index contributed by atoms with van der Waals surface area (Å²) in [6, 6.07) is 118. The summed E-state index contributed by atoms with van der Waals surface area (Å²) in [5.41, 5.74) is 30.4. The molecule has 0 bridgehead atoms. The first-order valence-electron chi connectivity index (χ1n) is 32.1. The minimum Gasteiger partial charge on any atom is -0.0622 e. The van der Waals surface area contributed by atoms with Crippen LogP contribution in [0.4, 0.5) is 0 Å². The molecule has 0 fully saturated rings. The van der Waals surface area contributed by atoms with E-state index in [1.807, 2.05) is 18.2 Å². The molecule has 4 aliphatic carbocycles. The fraction of sp³-hybridized carbons (Fsp3) is 0.121. The van der Waals surface area contributed by atoms with E-state index in [9.17, 15) is 0 Å². The van der Waals surface area contributed by atoms with Crippen molar-refractivity contribution in [3.63, 3.8) is 0 Å². The Bertz CT molecular complexity index is 4800. The predicted molar refractivity (Wildman–Crippen MR) is 389 cm³/mol. The smallest absolute Gasteiger partial charge is 0.0622 e. The van der Waals surface area contributed by atoms with Crippen LogP contribution >= 0.6 is 0 Å².